The van der Waals surface area contributed by atoms with Gasteiger partial charge in [-0.15, -0.1) is 0 Å². The van der Waals surface area contributed by atoms with E-state index in [1.165, 1.54) is 25.7 Å². The van der Waals surface area contributed by atoms with E-state index in [9.17, 15) is 0 Å². The molecule has 1 saturated carbocycles. The highest BCUT2D eigenvalue weighted by molar-refractivity contribution is 7.80. The van der Waals surface area contributed by atoms with Crippen LogP contribution in [0.2, 0.25) is 0 Å². The fourth-order valence-electron chi connectivity index (χ4n) is 2.58. The molecule has 2 N–H and O–H groups in total. The third kappa shape index (κ3) is 3.91. The van der Waals surface area contributed by atoms with E-state index in [1.54, 1.807) is 21.3 Å². The van der Waals surface area contributed by atoms with Crippen LogP contribution >= 0.6 is 12.2 Å². The fraction of sp³-hybridized carbons (Fsp3) is 0.533. The molecule has 0 radical (unpaired) electrons. The van der Waals surface area contributed by atoms with Gasteiger partial charge in [0.05, 0.1) is 21.3 Å². The van der Waals surface area contributed by atoms with Crippen molar-refractivity contribution in [3.05, 3.63) is 12.1 Å². The topological polar surface area (TPSA) is 51.8 Å². The second kappa shape index (κ2) is 7.36. The number of ether oxygens (including phenoxy) is 3. The molecule has 1 aliphatic rings. The molecular formula is C15H22N2O3S. The first-order chi connectivity index (χ1) is 10.2. The Balaban J connectivity index is 2.09. The van der Waals surface area contributed by atoms with Gasteiger partial charge in [-0.3, -0.25) is 0 Å². The molecule has 0 spiro atoms. The summed E-state index contributed by atoms with van der Waals surface area (Å²) in [5.41, 5.74) is 0.806. The summed E-state index contributed by atoms with van der Waals surface area (Å²) in [4.78, 5) is 0. The van der Waals surface area contributed by atoms with E-state index < -0.39 is 0 Å². The quantitative estimate of drug-likeness (QED) is 0.816. The summed E-state index contributed by atoms with van der Waals surface area (Å²) in [6, 6.07) is 4.15. The molecule has 21 heavy (non-hydrogen) atoms. The van der Waals surface area contributed by atoms with Crippen molar-refractivity contribution in [2.75, 3.05) is 26.6 Å². The van der Waals surface area contributed by atoms with Crippen molar-refractivity contribution in [2.45, 2.75) is 31.7 Å². The molecule has 0 heterocycles. The lowest BCUT2D eigenvalue weighted by Gasteiger charge is -2.18. The molecule has 0 atom stereocenters. The second-order valence-electron chi connectivity index (χ2n) is 4.99. The molecular weight excluding hydrogens is 288 g/mol. The summed E-state index contributed by atoms with van der Waals surface area (Å²) in [5, 5.41) is 7.13. The molecule has 6 heteroatoms. The van der Waals surface area contributed by atoms with Gasteiger partial charge in [-0.25, -0.2) is 0 Å². The number of hydrogen-bond donors (Lipinski definition) is 2. The van der Waals surface area contributed by atoms with E-state index in [2.05, 4.69) is 10.6 Å². The SMILES string of the molecule is COc1cc(NC(=S)NC2CCCC2)cc(OC)c1OC. The Labute approximate surface area is 131 Å². The van der Waals surface area contributed by atoms with Crippen LogP contribution in [0.25, 0.3) is 0 Å². The number of rotatable bonds is 5. The van der Waals surface area contributed by atoms with Crippen LogP contribution < -0.4 is 24.8 Å². The van der Waals surface area contributed by atoms with E-state index in [0.29, 0.717) is 28.4 Å². The Bertz CT molecular complexity index is 477. The summed E-state index contributed by atoms with van der Waals surface area (Å²) in [7, 11) is 4.77. The van der Waals surface area contributed by atoms with Gasteiger partial charge in [0.1, 0.15) is 0 Å². The minimum absolute atomic E-state index is 0.479. The monoisotopic (exact) mass is 310 g/mol. The molecule has 0 aromatic heterocycles. The maximum Gasteiger partial charge on any atom is 0.203 e. The largest absolute Gasteiger partial charge is 0.493 e. The standard InChI is InChI=1S/C15H22N2O3S/c1-18-12-8-11(9-13(19-2)14(12)20-3)17-15(21)16-10-6-4-5-7-10/h8-10H,4-7H2,1-3H3,(H2,16,17,21). The van der Waals surface area contributed by atoms with Gasteiger partial charge in [-0.1, -0.05) is 12.8 Å². The zero-order chi connectivity index (χ0) is 15.2. The molecule has 2 rings (SSSR count). The molecule has 0 bridgehead atoms. The highest BCUT2D eigenvalue weighted by Gasteiger charge is 2.17. The third-order valence-electron chi connectivity index (χ3n) is 3.61. The van der Waals surface area contributed by atoms with E-state index in [-0.39, 0.29) is 0 Å². The van der Waals surface area contributed by atoms with Crippen molar-refractivity contribution in [2.24, 2.45) is 0 Å². The number of thiocarbonyl (C=S) groups is 1. The highest BCUT2D eigenvalue weighted by atomic mass is 32.1. The number of hydrogen-bond acceptors (Lipinski definition) is 4. The number of benzene rings is 1. The molecule has 0 aliphatic heterocycles. The first kappa shape index (κ1) is 15.7. The Hall–Kier alpha value is -1.69. The van der Waals surface area contributed by atoms with E-state index in [1.807, 2.05) is 12.1 Å². The number of nitrogens with one attached hydrogen (secondary N) is 2. The van der Waals surface area contributed by atoms with Gasteiger partial charge in [0.2, 0.25) is 5.75 Å². The minimum Gasteiger partial charge on any atom is -0.493 e. The molecule has 1 aromatic rings. The Morgan fingerprint density at radius 1 is 1.05 bits per heavy atom. The molecule has 1 aromatic carbocycles. The van der Waals surface area contributed by atoms with Crippen LogP contribution in [0.15, 0.2) is 12.1 Å². The Morgan fingerprint density at radius 3 is 2.10 bits per heavy atom. The summed E-state index contributed by atoms with van der Waals surface area (Å²) in [6.07, 6.45) is 4.89. The molecule has 116 valence electrons. The van der Waals surface area contributed by atoms with Crippen LogP contribution in [0.3, 0.4) is 0 Å². The number of anilines is 1. The molecule has 0 amide bonds. The van der Waals surface area contributed by atoms with Crippen LogP contribution in [0, 0.1) is 0 Å². The average Bonchev–Trinajstić information content (AvgIpc) is 2.98. The smallest absolute Gasteiger partial charge is 0.203 e. The lowest BCUT2D eigenvalue weighted by atomic mass is 10.2. The van der Waals surface area contributed by atoms with Gasteiger partial charge in [-0.2, -0.15) is 0 Å². The van der Waals surface area contributed by atoms with Crippen LogP contribution in [0.4, 0.5) is 5.69 Å². The van der Waals surface area contributed by atoms with Crippen molar-refractivity contribution < 1.29 is 14.2 Å². The Kier molecular flexibility index (Phi) is 5.50. The highest BCUT2D eigenvalue weighted by Crippen LogP contribution is 2.39. The predicted octanol–water partition coefficient (Wildman–Crippen LogP) is 2.94. The van der Waals surface area contributed by atoms with E-state index >= 15 is 0 Å². The van der Waals surface area contributed by atoms with Crippen molar-refractivity contribution in [1.82, 2.24) is 5.32 Å². The first-order valence-electron chi connectivity index (χ1n) is 7.05. The summed E-state index contributed by atoms with van der Waals surface area (Å²) >= 11 is 5.36. The molecule has 0 unspecified atom stereocenters. The van der Waals surface area contributed by atoms with Crippen LogP contribution in [0.5, 0.6) is 17.2 Å². The van der Waals surface area contributed by atoms with Crippen molar-refractivity contribution in [3.8, 4) is 17.2 Å². The molecule has 1 fully saturated rings. The molecule has 5 nitrogen and oxygen atoms in total. The maximum atomic E-state index is 5.36. The van der Waals surface area contributed by atoms with Crippen molar-refractivity contribution in [1.29, 1.82) is 0 Å². The van der Waals surface area contributed by atoms with Crippen molar-refractivity contribution in [3.63, 3.8) is 0 Å². The first-order valence-corrected chi connectivity index (χ1v) is 7.46. The Morgan fingerprint density at radius 2 is 1.62 bits per heavy atom. The molecule has 0 saturated heterocycles. The van der Waals surface area contributed by atoms with Gasteiger partial charge in [-0.05, 0) is 25.1 Å². The minimum atomic E-state index is 0.479. The van der Waals surface area contributed by atoms with E-state index in [4.69, 9.17) is 26.4 Å². The molecule has 1 aliphatic carbocycles. The van der Waals surface area contributed by atoms with Gasteiger partial charge in [0.15, 0.2) is 16.6 Å². The normalized spacial score (nSPS) is 14.6. The lowest BCUT2D eigenvalue weighted by Crippen LogP contribution is -2.35. The zero-order valence-electron chi connectivity index (χ0n) is 12.7. The predicted molar refractivity (Wildman–Crippen MR) is 87.7 cm³/mol. The van der Waals surface area contributed by atoms with Crippen LogP contribution in [0.1, 0.15) is 25.7 Å². The summed E-state index contributed by atoms with van der Waals surface area (Å²) < 4.78 is 16.0. The van der Waals surface area contributed by atoms with E-state index in [0.717, 1.165) is 5.69 Å². The van der Waals surface area contributed by atoms with Gasteiger partial charge >= 0.3 is 0 Å². The fourth-order valence-corrected chi connectivity index (χ4v) is 2.86. The summed E-state index contributed by atoms with van der Waals surface area (Å²) in [6.45, 7) is 0. The third-order valence-corrected chi connectivity index (χ3v) is 3.83. The summed E-state index contributed by atoms with van der Waals surface area (Å²) in [5.74, 6) is 1.77. The van der Waals surface area contributed by atoms with Crippen molar-refractivity contribution >= 4 is 23.0 Å². The lowest BCUT2D eigenvalue weighted by molar-refractivity contribution is 0.324. The number of methoxy groups -OCH3 is 3. The van der Waals surface area contributed by atoms with Gasteiger partial charge < -0.3 is 24.8 Å². The van der Waals surface area contributed by atoms with Crippen LogP contribution in [-0.4, -0.2) is 32.5 Å². The van der Waals surface area contributed by atoms with Gasteiger partial charge in [0, 0.05) is 23.9 Å². The van der Waals surface area contributed by atoms with Gasteiger partial charge in [0.25, 0.3) is 0 Å². The zero-order valence-corrected chi connectivity index (χ0v) is 13.5. The van der Waals surface area contributed by atoms with Crippen LogP contribution in [-0.2, 0) is 0 Å². The second-order valence-corrected chi connectivity index (χ2v) is 5.40. The average molecular weight is 310 g/mol. The maximum absolute atomic E-state index is 5.36.